The zero-order valence-electron chi connectivity index (χ0n) is 17.9. The molecule has 0 atom stereocenters. The number of benzene rings is 3. The van der Waals surface area contributed by atoms with Crippen molar-refractivity contribution in [3.8, 4) is 5.75 Å². The van der Waals surface area contributed by atoms with E-state index in [2.05, 4.69) is 4.99 Å². The number of nitrogens with zero attached hydrogens (tertiary/aromatic N) is 2. The van der Waals surface area contributed by atoms with Gasteiger partial charge in [-0.15, -0.1) is 0 Å². The second kappa shape index (κ2) is 10.1. The second-order valence-electron chi connectivity index (χ2n) is 7.33. The molecule has 1 heterocycles. The molecule has 34 heavy (non-hydrogen) atoms. The Bertz CT molecular complexity index is 1320. The van der Waals surface area contributed by atoms with E-state index in [9.17, 15) is 14.0 Å². The summed E-state index contributed by atoms with van der Waals surface area (Å²) >= 11 is 7.54. The lowest BCUT2D eigenvalue weighted by Gasteiger charge is -2.09. The molecular formula is C25H18ClFN2O4S. The maximum atomic E-state index is 13.0. The van der Waals surface area contributed by atoms with Crippen LogP contribution >= 0.6 is 23.4 Å². The Labute approximate surface area is 204 Å². The van der Waals surface area contributed by atoms with E-state index < -0.39 is 5.97 Å². The largest absolute Gasteiger partial charge is 0.487 e. The highest BCUT2D eigenvalue weighted by atomic mass is 35.5. The quantitative estimate of drug-likeness (QED) is 0.424. The zero-order valence-corrected chi connectivity index (χ0v) is 19.4. The van der Waals surface area contributed by atoms with Gasteiger partial charge < -0.3 is 9.84 Å². The van der Waals surface area contributed by atoms with Crippen LogP contribution in [-0.4, -0.2) is 34.1 Å². The minimum atomic E-state index is -1.05. The van der Waals surface area contributed by atoms with E-state index in [1.807, 2.05) is 0 Å². The smallest absolute Gasteiger partial charge is 0.335 e. The molecule has 1 aliphatic rings. The van der Waals surface area contributed by atoms with Crippen LogP contribution in [-0.2, 0) is 11.4 Å². The van der Waals surface area contributed by atoms with E-state index in [4.69, 9.17) is 21.4 Å². The van der Waals surface area contributed by atoms with Crippen molar-refractivity contribution >= 4 is 52.2 Å². The van der Waals surface area contributed by atoms with Crippen molar-refractivity contribution < 1.29 is 23.8 Å². The number of carbonyl (C=O) groups is 2. The lowest BCUT2D eigenvalue weighted by molar-refractivity contribution is -0.121. The van der Waals surface area contributed by atoms with E-state index in [1.54, 1.807) is 55.6 Å². The Morgan fingerprint density at radius 3 is 2.65 bits per heavy atom. The van der Waals surface area contributed by atoms with E-state index in [-0.39, 0.29) is 23.9 Å². The molecule has 3 aromatic carbocycles. The number of ether oxygens (including phenoxy) is 1. The summed E-state index contributed by atoms with van der Waals surface area (Å²) in [4.78, 5) is 30.2. The molecule has 0 saturated carbocycles. The van der Waals surface area contributed by atoms with Crippen molar-refractivity contribution in [1.29, 1.82) is 0 Å². The second-order valence-corrected chi connectivity index (χ2v) is 8.75. The Morgan fingerprint density at radius 2 is 1.94 bits per heavy atom. The minimum Gasteiger partial charge on any atom is -0.487 e. The molecule has 0 aliphatic carbocycles. The van der Waals surface area contributed by atoms with Gasteiger partial charge in [-0.2, -0.15) is 0 Å². The van der Waals surface area contributed by atoms with E-state index in [1.165, 1.54) is 40.9 Å². The SMILES string of the molecule is CN1C(=O)/C(=C/c2ccc(OCc3ccc(F)cc3)c(Cl)c2)SC1=Nc1cccc(C(=O)O)c1. The highest BCUT2D eigenvalue weighted by Gasteiger charge is 2.30. The first kappa shape index (κ1) is 23.5. The van der Waals surface area contributed by atoms with Crippen LogP contribution in [0.1, 0.15) is 21.5 Å². The number of amides is 1. The summed E-state index contributed by atoms with van der Waals surface area (Å²) in [7, 11) is 1.61. The molecule has 0 aromatic heterocycles. The Hall–Kier alpha value is -3.62. The number of likely N-dealkylation sites (N-methyl/N-ethyl adjacent to an activating group) is 1. The van der Waals surface area contributed by atoms with E-state index in [0.29, 0.717) is 32.1 Å². The Morgan fingerprint density at radius 1 is 1.18 bits per heavy atom. The number of carboxylic acids is 1. The molecule has 9 heteroatoms. The summed E-state index contributed by atoms with van der Waals surface area (Å²) in [5.74, 6) is -1.12. The molecule has 1 saturated heterocycles. The molecule has 6 nitrogen and oxygen atoms in total. The number of amidine groups is 1. The van der Waals surface area contributed by atoms with E-state index >= 15 is 0 Å². The van der Waals surface area contributed by atoms with Gasteiger partial charge in [0.2, 0.25) is 0 Å². The van der Waals surface area contributed by atoms with Crippen molar-refractivity contribution in [2.24, 2.45) is 4.99 Å². The van der Waals surface area contributed by atoms with Gasteiger partial charge in [0, 0.05) is 7.05 Å². The lowest BCUT2D eigenvalue weighted by Crippen LogP contribution is -2.23. The third kappa shape index (κ3) is 5.47. The molecule has 0 radical (unpaired) electrons. The van der Waals surface area contributed by atoms with Crippen molar-refractivity contribution in [3.63, 3.8) is 0 Å². The highest BCUT2D eigenvalue weighted by Crippen LogP contribution is 2.34. The van der Waals surface area contributed by atoms with Gasteiger partial charge in [-0.05, 0) is 71.4 Å². The van der Waals surface area contributed by atoms with Gasteiger partial charge in [0.1, 0.15) is 18.2 Å². The number of carboxylic acid groups (broad SMARTS) is 1. The molecule has 1 fully saturated rings. The molecule has 3 aromatic rings. The summed E-state index contributed by atoms with van der Waals surface area (Å²) in [6.45, 7) is 0.239. The van der Waals surface area contributed by atoms with Gasteiger partial charge in [0.25, 0.3) is 5.91 Å². The molecule has 172 valence electrons. The molecule has 1 amide bonds. The number of halogens is 2. The average molecular weight is 497 g/mol. The van der Waals surface area contributed by atoms with Gasteiger partial charge in [-0.25, -0.2) is 14.2 Å². The van der Waals surface area contributed by atoms with Crippen LogP contribution < -0.4 is 4.74 Å². The fourth-order valence-electron chi connectivity index (χ4n) is 3.09. The van der Waals surface area contributed by atoms with Crippen LogP contribution in [0.3, 0.4) is 0 Å². The number of carbonyl (C=O) groups excluding carboxylic acids is 1. The van der Waals surface area contributed by atoms with Gasteiger partial charge in [-0.1, -0.05) is 35.9 Å². The summed E-state index contributed by atoms with van der Waals surface area (Å²) < 4.78 is 18.8. The van der Waals surface area contributed by atoms with Gasteiger partial charge in [0.15, 0.2) is 5.17 Å². The third-order valence-electron chi connectivity index (χ3n) is 4.88. The van der Waals surface area contributed by atoms with Crippen LogP contribution in [0.15, 0.2) is 76.6 Å². The zero-order chi connectivity index (χ0) is 24.2. The van der Waals surface area contributed by atoms with Crippen LogP contribution in [0.2, 0.25) is 5.02 Å². The van der Waals surface area contributed by atoms with Crippen LogP contribution in [0, 0.1) is 5.82 Å². The van der Waals surface area contributed by atoms with Crippen LogP contribution in [0.25, 0.3) is 6.08 Å². The number of thioether (sulfide) groups is 1. The van der Waals surface area contributed by atoms with Crippen LogP contribution in [0.4, 0.5) is 10.1 Å². The van der Waals surface area contributed by atoms with Crippen molar-refractivity contribution in [1.82, 2.24) is 4.90 Å². The fraction of sp³-hybridized carbons (Fsp3) is 0.0800. The number of rotatable bonds is 6. The predicted octanol–water partition coefficient (Wildman–Crippen LogP) is 5.99. The normalized spacial score (nSPS) is 15.9. The molecule has 1 aliphatic heterocycles. The molecule has 0 unspecified atom stereocenters. The summed E-state index contributed by atoms with van der Waals surface area (Å²) in [6, 6.07) is 17.4. The number of aromatic carboxylic acids is 1. The average Bonchev–Trinajstić information content (AvgIpc) is 3.07. The molecular weight excluding hydrogens is 479 g/mol. The van der Waals surface area contributed by atoms with E-state index in [0.717, 1.165) is 5.56 Å². The first-order valence-corrected chi connectivity index (χ1v) is 11.3. The maximum absolute atomic E-state index is 13.0. The summed E-state index contributed by atoms with van der Waals surface area (Å²) in [5, 5.41) is 9.96. The Balaban J connectivity index is 1.49. The highest BCUT2D eigenvalue weighted by molar-refractivity contribution is 8.18. The molecule has 4 rings (SSSR count). The lowest BCUT2D eigenvalue weighted by atomic mass is 10.2. The number of hydrogen-bond acceptors (Lipinski definition) is 5. The predicted molar refractivity (Wildman–Crippen MR) is 131 cm³/mol. The summed E-state index contributed by atoms with van der Waals surface area (Å²) in [6.07, 6.45) is 1.70. The monoisotopic (exact) mass is 496 g/mol. The first-order valence-electron chi connectivity index (χ1n) is 10.1. The first-order chi connectivity index (χ1) is 16.3. The standard InChI is InChI=1S/C25H18ClFN2O4S/c1-29-23(30)22(34-25(29)28-19-4-2-3-17(13-19)24(31)32)12-16-7-10-21(20(26)11-16)33-14-15-5-8-18(27)9-6-15/h2-13H,14H2,1H3,(H,31,32)/b22-12-,28-25?. The number of hydrogen-bond donors (Lipinski definition) is 1. The maximum Gasteiger partial charge on any atom is 0.335 e. The van der Waals surface area contributed by atoms with Gasteiger partial charge in [-0.3, -0.25) is 9.69 Å². The molecule has 0 bridgehead atoms. The van der Waals surface area contributed by atoms with Crippen molar-refractivity contribution in [2.45, 2.75) is 6.61 Å². The van der Waals surface area contributed by atoms with Gasteiger partial charge in [0.05, 0.1) is 21.2 Å². The van der Waals surface area contributed by atoms with Crippen molar-refractivity contribution in [3.05, 3.63) is 99.2 Å². The fourth-order valence-corrected chi connectivity index (χ4v) is 4.32. The van der Waals surface area contributed by atoms with Crippen LogP contribution in [0.5, 0.6) is 5.75 Å². The topological polar surface area (TPSA) is 79.2 Å². The Kier molecular flexibility index (Phi) is 7.00. The minimum absolute atomic E-state index is 0.117. The summed E-state index contributed by atoms with van der Waals surface area (Å²) in [5.41, 5.74) is 2.07. The van der Waals surface area contributed by atoms with Gasteiger partial charge >= 0.3 is 5.97 Å². The molecule has 1 N–H and O–H groups in total. The third-order valence-corrected chi connectivity index (χ3v) is 6.24. The van der Waals surface area contributed by atoms with Crippen molar-refractivity contribution in [2.75, 3.05) is 7.05 Å². The molecule has 0 spiro atoms. The number of aliphatic imine (C=N–C) groups is 1.